The summed E-state index contributed by atoms with van der Waals surface area (Å²) in [4.78, 5) is 22.8. The highest BCUT2D eigenvalue weighted by Crippen LogP contribution is 2.32. The Kier molecular flexibility index (Phi) is 7.26. The van der Waals surface area contributed by atoms with Crippen LogP contribution in [0.5, 0.6) is 0 Å². The topological polar surface area (TPSA) is 63.1 Å². The second-order valence-electron chi connectivity index (χ2n) is 9.01. The number of alkyl halides is 5. The zero-order valence-electron chi connectivity index (χ0n) is 19.6. The molecule has 0 spiro atoms. The molecule has 0 saturated carbocycles. The molecule has 0 aliphatic carbocycles. The minimum Gasteiger partial charge on any atom is -0.363 e. The zero-order valence-corrected chi connectivity index (χ0v) is 19.6. The number of hydrogen-bond acceptors (Lipinski definition) is 5. The van der Waals surface area contributed by atoms with Gasteiger partial charge in [-0.2, -0.15) is 13.2 Å². The van der Waals surface area contributed by atoms with Crippen LogP contribution in [0.1, 0.15) is 54.8 Å². The predicted molar refractivity (Wildman–Crippen MR) is 123 cm³/mol. The predicted octanol–water partition coefficient (Wildman–Crippen LogP) is 5.32. The molecule has 2 aromatic heterocycles. The van der Waals surface area contributed by atoms with E-state index in [1.807, 2.05) is 0 Å². The van der Waals surface area contributed by atoms with Gasteiger partial charge in [-0.1, -0.05) is 18.2 Å². The van der Waals surface area contributed by atoms with Crippen LogP contribution < -0.4 is 10.9 Å². The molecule has 1 aliphatic rings. The Bertz CT molecular complexity index is 1300. The summed E-state index contributed by atoms with van der Waals surface area (Å²) in [6, 6.07) is 4.66. The van der Waals surface area contributed by atoms with E-state index in [4.69, 9.17) is 0 Å². The first-order chi connectivity index (χ1) is 17.0. The van der Waals surface area contributed by atoms with Gasteiger partial charge in [0.15, 0.2) is 0 Å². The Morgan fingerprint density at radius 3 is 2.44 bits per heavy atom. The number of piperidine rings is 1. The van der Waals surface area contributed by atoms with Crippen molar-refractivity contribution < 1.29 is 26.3 Å². The minimum atomic E-state index is -4.28. The second kappa shape index (κ2) is 10.1. The first-order valence-electron chi connectivity index (χ1n) is 11.4. The molecule has 1 fully saturated rings. The maximum atomic E-state index is 14.7. The summed E-state index contributed by atoms with van der Waals surface area (Å²) in [5.74, 6) is -0.978. The van der Waals surface area contributed by atoms with E-state index < -0.39 is 36.6 Å². The molecule has 1 aliphatic heterocycles. The standard InChI is InChI=1S/C24H25F6N5O/c1-13(15-4-3-5-16(19(15)25)20(26)27)33-21-18-10-17(23(36)34(2)22(18)32-12-31-21)14-6-8-35(9-7-14)11-24(28,29)30/h3-5,10,12-14,20H,6-9,11H2,1-2H3,(H,31,32,33)/t13-/m1/s1. The fourth-order valence-electron chi connectivity index (χ4n) is 4.71. The van der Waals surface area contributed by atoms with Crippen molar-refractivity contribution in [3.8, 4) is 0 Å². The van der Waals surface area contributed by atoms with Gasteiger partial charge in [-0.05, 0) is 44.8 Å². The first kappa shape index (κ1) is 25.9. The number of aryl methyl sites for hydroxylation is 1. The van der Waals surface area contributed by atoms with E-state index in [2.05, 4.69) is 15.3 Å². The number of rotatable bonds is 6. The van der Waals surface area contributed by atoms with Crippen molar-refractivity contribution in [1.29, 1.82) is 0 Å². The smallest absolute Gasteiger partial charge is 0.363 e. The van der Waals surface area contributed by atoms with Crippen molar-refractivity contribution >= 4 is 16.9 Å². The Labute approximate surface area is 203 Å². The van der Waals surface area contributed by atoms with Gasteiger partial charge >= 0.3 is 6.18 Å². The number of benzene rings is 1. The molecule has 36 heavy (non-hydrogen) atoms. The van der Waals surface area contributed by atoms with E-state index in [0.717, 1.165) is 6.07 Å². The summed E-state index contributed by atoms with van der Waals surface area (Å²) < 4.78 is 80.5. The van der Waals surface area contributed by atoms with Crippen molar-refractivity contribution in [2.24, 2.45) is 7.05 Å². The molecule has 1 saturated heterocycles. The largest absolute Gasteiger partial charge is 0.401 e. The molecule has 0 radical (unpaired) electrons. The van der Waals surface area contributed by atoms with Crippen LogP contribution in [-0.2, 0) is 7.05 Å². The molecule has 12 heteroatoms. The number of hydrogen-bond donors (Lipinski definition) is 1. The van der Waals surface area contributed by atoms with Gasteiger partial charge in [0, 0.05) is 18.2 Å². The first-order valence-corrected chi connectivity index (χ1v) is 11.4. The number of halogens is 6. The van der Waals surface area contributed by atoms with Crippen molar-refractivity contribution in [2.75, 3.05) is 25.0 Å². The number of aromatic nitrogens is 3. The average Bonchev–Trinajstić information content (AvgIpc) is 2.81. The molecule has 3 heterocycles. The van der Waals surface area contributed by atoms with Gasteiger partial charge < -0.3 is 5.32 Å². The molecule has 194 valence electrons. The summed E-state index contributed by atoms with van der Waals surface area (Å²) in [5.41, 5.74) is -0.222. The molecule has 1 N–H and O–H groups in total. The molecule has 1 atom stereocenters. The number of nitrogens with one attached hydrogen (secondary N) is 1. The summed E-state index contributed by atoms with van der Waals surface area (Å²) in [5, 5.41) is 3.50. The van der Waals surface area contributed by atoms with Crippen molar-refractivity contribution in [3.05, 3.63) is 63.5 Å². The van der Waals surface area contributed by atoms with Gasteiger partial charge in [0.05, 0.1) is 23.5 Å². The number of fused-ring (bicyclic) bond motifs is 1. The minimum absolute atomic E-state index is 0.0293. The van der Waals surface area contributed by atoms with Gasteiger partial charge in [0.25, 0.3) is 12.0 Å². The highest BCUT2D eigenvalue weighted by atomic mass is 19.4. The van der Waals surface area contributed by atoms with Crippen LogP contribution in [0.3, 0.4) is 0 Å². The van der Waals surface area contributed by atoms with Crippen LogP contribution >= 0.6 is 0 Å². The van der Waals surface area contributed by atoms with E-state index in [9.17, 15) is 31.1 Å². The normalized spacial score (nSPS) is 16.6. The Balaban J connectivity index is 1.65. The van der Waals surface area contributed by atoms with Gasteiger partial charge in [-0.15, -0.1) is 0 Å². The Morgan fingerprint density at radius 1 is 1.14 bits per heavy atom. The van der Waals surface area contributed by atoms with Gasteiger partial charge in [-0.3, -0.25) is 14.3 Å². The van der Waals surface area contributed by atoms with Gasteiger partial charge in [0.1, 0.15) is 23.6 Å². The van der Waals surface area contributed by atoms with Crippen LogP contribution in [0, 0.1) is 5.82 Å². The molecule has 1 aromatic carbocycles. The molecule has 0 bridgehead atoms. The molecule has 0 unspecified atom stereocenters. The fourth-order valence-corrected chi connectivity index (χ4v) is 4.71. The van der Waals surface area contributed by atoms with E-state index in [-0.39, 0.29) is 35.9 Å². The highest BCUT2D eigenvalue weighted by Gasteiger charge is 2.33. The van der Waals surface area contributed by atoms with Gasteiger partial charge in [-0.25, -0.2) is 23.1 Å². The summed E-state index contributed by atoms with van der Waals surface area (Å²) in [6.07, 6.45) is -5.24. The molecular weight excluding hydrogens is 488 g/mol. The maximum absolute atomic E-state index is 14.7. The Morgan fingerprint density at radius 2 is 1.81 bits per heavy atom. The molecule has 0 amide bonds. The third-order valence-corrected chi connectivity index (χ3v) is 6.58. The van der Waals surface area contributed by atoms with Crippen LogP contribution in [-0.4, -0.2) is 45.2 Å². The summed E-state index contributed by atoms with van der Waals surface area (Å²) >= 11 is 0. The van der Waals surface area contributed by atoms with E-state index in [0.29, 0.717) is 29.4 Å². The average molecular weight is 513 g/mol. The van der Waals surface area contributed by atoms with Crippen LogP contribution in [0.4, 0.5) is 32.2 Å². The monoisotopic (exact) mass is 513 g/mol. The third-order valence-electron chi connectivity index (χ3n) is 6.58. The number of pyridine rings is 1. The van der Waals surface area contributed by atoms with Crippen molar-refractivity contribution in [1.82, 2.24) is 19.4 Å². The number of nitrogens with zero attached hydrogens (tertiary/aromatic N) is 4. The highest BCUT2D eigenvalue weighted by molar-refractivity contribution is 5.87. The molecule has 6 nitrogen and oxygen atoms in total. The molecule has 3 aromatic rings. The third kappa shape index (κ3) is 5.32. The lowest BCUT2D eigenvalue weighted by molar-refractivity contribution is -0.147. The molecular formula is C24H25F6N5O. The van der Waals surface area contributed by atoms with Crippen LogP contribution in [0.2, 0.25) is 0 Å². The molecule has 4 rings (SSSR count). The van der Waals surface area contributed by atoms with E-state index in [1.165, 1.54) is 27.9 Å². The van der Waals surface area contributed by atoms with E-state index >= 15 is 0 Å². The van der Waals surface area contributed by atoms with Crippen molar-refractivity contribution in [3.63, 3.8) is 0 Å². The number of anilines is 1. The summed E-state index contributed by atoms with van der Waals surface area (Å²) in [7, 11) is 1.54. The fraction of sp³-hybridized carbons (Fsp3) is 0.458. The van der Waals surface area contributed by atoms with Crippen LogP contribution in [0.25, 0.3) is 11.0 Å². The number of likely N-dealkylation sites (tertiary alicyclic amines) is 1. The van der Waals surface area contributed by atoms with Crippen LogP contribution in [0.15, 0.2) is 35.4 Å². The van der Waals surface area contributed by atoms with Gasteiger partial charge in [0.2, 0.25) is 0 Å². The summed E-state index contributed by atoms with van der Waals surface area (Å²) in [6.45, 7) is 1.02. The lowest BCUT2D eigenvalue weighted by Crippen LogP contribution is -2.40. The van der Waals surface area contributed by atoms with Crippen molar-refractivity contribution in [2.45, 2.75) is 44.3 Å². The quantitative estimate of drug-likeness (QED) is 0.452. The maximum Gasteiger partial charge on any atom is 0.401 e. The zero-order chi connectivity index (χ0) is 26.2. The second-order valence-corrected chi connectivity index (χ2v) is 9.01. The van der Waals surface area contributed by atoms with E-state index in [1.54, 1.807) is 20.0 Å². The lowest BCUT2D eigenvalue weighted by atomic mass is 9.89. The Hall–Kier alpha value is -3.15. The SMILES string of the molecule is C[C@@H](Nc1ncnc2c1cc(C1CCN(CC(F)(F)F)CC1)c(=O)n2C)c1cccc(C(F)F)c1F. The lowest BCUT2D eigenvalue weighted by Gasteiger charge is -2.32.